The Morgan fingerprint density at radius 2 is 1.74 bits per heavy atom. The first-order valence-corrected chi connectivity index (χ1v) is 11.0. The van der Waals surface area contributed by atoms with Crippen LogP contribution in [-0.2, 0) is 12.8 Å². The van der Waals surface area contributed by atoms with Crippen LogP contribution in [-0.4, -0.2) is 35.9 Å². The molecule has 35 heavy (non-hydrogen) atoms. The minimum atomic E-state index is -4.51. The lowest BCUT2D eigenvalue weighted by Gasteiger charge is -2.13. The minimum absolute atomic E-state index is 0.0878. The van der Waals surface area contributed by atoms with E-state index in [4.69, 9.17) is 23.4 Å². The van der Waals surface area contributed by atoms with Crippen LogP contribution in [0.15, 0.2) is 47.0 Å². The van der Waals surface area contributed by atoms with Crippen LogP contribution in [0.4, 0.5) is 13.2 Å². The van der Waals surface area contributed by atoms with Gasteiger partial charge in [-0.25, -0.2) is 9.50 Å². The van der Waals surface area contributed by atoms with Gasteiger partial charge in [-0.2, -0.15) is 13.2 Å². The highest BCUT2D eigenvalue weighted by Gasteiger charge is 2.31. The van der Waals surface area contributed by atoms with Gasteiger partial charge in [-0.05, 0) is 41.2 Å². The summed E-state index contributed by atoms with van der Waals surface area (Å²) < 4.78 is 68.8. The number of furan rings is 1. The van der Waals surface area contributed by atoms with E-state index in [1.807, 2.05) is 0 Å². The van der Waals surface area contributed by atoms with Crippen molar-refractivity contribution in [3.8, 4) is 33.9 Å². The van der Waals surface area contributed by atoms with Crippen molar-refractivity contribution in [3.63, 3.8) is 0 Å². The second-order valence-corrected chi connectivity index (χ2v) is 8.35. The summed E-state index contributed by atoms with van der Waals surface area (Å²) in [6.07, 6.45) is -2.80. The number of aromatic nitrogens is 3. The topological polar surface area (TPSA) is 80.2 Å². The van der Waals surface area contributed by atoms with E-state index < -0.39 is 11.7 Å². The molecule has 2 aromatic carbocycles. The van der Waals surface area contributed by atoms with Crippen molar-refractivity contribution in [2.75, 3.05) is 21.3 Å². The van der Waals surface area contributed by atoms with Crippen molar-refractivity contribution in [3.05, 3.63) is 53.7 Å². The van der Waals surface area contributed by atoms with Gasteiger partial charge < -0.3 is 23.4 Å². The smallest absolute Gasteiger partial charge is 0.416 e. The third-order valence-electron chi connectivity index (χ3n) is 5.18. The van der Waals surface area contributed by atoms with Crippen LogP contribution in [0.2, 0.25) is 0 Å². The Balaban J connectivity index is 1.49. The van der Waals surface area contributed by atoms with E-state index in [0.29, 0.717) is 49.6 Å². The Bertz CT molecular complexity index is 1490. The molecule has 5 rings (SSSR count). The Labute approximate surface area is 200 Å². The van der Waals surface area contributed by atoms with Gasteiger partial charge in [0.05, 0.1) is 38.5 Å². The maximum atomic E-state index is 13.3. The van der Waals surface area contributed by atoms with E-state index >= 15 is 0 Å². The zero-order valence-corrected chi connectivity index (χ0v) is 19.5. The van der Waals surface area contributed by atoms with Gasteiger partial charge in [0.15, 0.2) is 5.76 Å². The van der Waals surface area contributed by atoms with Crippen molar-refractivity contribution in [1.29, 1.82) is 0 Å². The number of nitrogens with zero attached hydrogens (tertiary/aromatic N) is 3. The number of rotatable bonds is 7. The zero-order chi connectivity index (χ0) is 24.7. The molecule has 8 nitrogen and oxygen atoms in total. The van der Waals surface area contributed by atoms with Crippen LogP contribution in [0, 0.1) is 0 Å². The number of methoxy groups -OCH3 is 3. The molecule has 3 aromatic heterocycles. The molecule has 5 aromatic rings. The van der Waals surface area contributed by atoms with Crippen LogP contribution in [0.5, 0.6) is 22.4 Å². The molecule has 0 spiro atoms. The highest BCUT2D eigenvalue weighted by atomic mass is 32.1. The van der Waals surface area contributed by atoms with Gasteiger partial charge in [0.1, 0.15) is 35.1 Å². The number of benzene rings is 2. The number of ether oxygens (including phenoxy) is 4. The van der Waals surface area contributed by atoms with Gasteiger partial charge in [-0.15, -0.1) is 5.10 Å². The van der Waals surface area contributed by atoms with Crippen molar-refractivity contribution in [2.24, 2.45) is 0 Å². The quantitative estimate of drug-likeness (QED) is 0.275. The van der Waals surface area contributed by atoms with E-state index in [1.165, 1.54) is 38.7 Å². The molecule has 0 radical (unpaired) electrons. The lowest BCUT2D eigenvalue weighted by molar-refractivity contribution is -0.137. The lowest BCUT2D eigenvalue weighted by Crippen LogP contribution is -2.07. The van der Waals surface area contributed by atoms with Crippen LogP contribution < -0.4 is 18.9 Å². The number of imidazole rings is 1. The minimum Gasteiger partial charge on any atom is -0.497 e. The average Bonchev–Trinajstić information content (AvgIpc) is 3.54. The molecule has 182 valence electrons. The molecule has 3 heterocycles. The monoisotopic (exact) mass is 505 g/mol. The third kappa shape index (κ3) is 4.44. The van der Waals surface area contributed by atoms with Crippen molar-refractivity contribution in [1.82, 2.24) is 14.6 Å². The summed E-state index contributed by atoms with van der Waals surface area (Å²) in [6, 6.07) is 8.55. The van der Waals surface area contributed by atoms with Gasteiger partial charge in [0, 0.05) is 12.1 Å². The molecule has 0 fully saturated rings. The third-order valence-corrected chi connectivity index (χ3v) is 6.07. The van der Waals surface area contributed by atoms with E-state index in [2.05, 4.69) is 10.1 Å². The fourth-order valence-corrected chi connectivity index (χ4v) is 4.22. The zero-order valence-electron chi connectivity index (χ0n) is 18.7. The molecular weight excluding hydrogens is 487 g/mol. The normalized spacial score (nSPS) is 11.8. The highest BCUT2D eigenvalue weighted by Crippen LogP contribution is 2.38. The molecule has 12 heteroatoms. The summed E-state index contributed by atoms with van der Waals surface area (Å²) in [5.74, 6) is 1.40. The fourth-order valence-electron chi connectivity index (χ4n) is 3.52. The second kappa shape index (κ2) is 8.69. The summed E-state index contributed by atoms with van der Waals surface area (Å²) in [4.78, 5) is 5.15. The Hall–Kier alpha value is -3.93. The first-order chi connectivity index (χ1) is 16.8. The van der Waals surface area contributed by atoms with E-state index in [-0.39, 0.29) is 12.4 Å². The predicted molar refractivity (Wildman–Crippen MR) is 122 cm³/mol. The molecular formula is C23H18F3N3O5S. The Kier molecular flexibility index (Phi) is 5.67. The molecule has 0 amide bonds. The summed E-state index contributed by atoms with van der Waals surface area (Å²) in [6.45, 7) is -0.132. The molecule has 0 unspecified atom stereocenters. The number of hydrogen-bond acceptors (Lipinski definition) is 8. The average molecular weight is 505 g/mol. The van der Waals surface area contributed by atoms with Gasteiger partial charge in [-0.3, -0.25) is 0 Å². The van der Waals surface area contributed by atoms with Crippen molar-refractivity contribution >= 4 is 27.3 Å². The molecule has 0 bridgehead atoms. The van der Waals surface area contributed by atoms with Gasteiger partial charge in [0.25, 0.3) is 5.19 Å². The van der Waals surface area contributed by atoms with Crippen LogP contribution in [0.1, 0.15) is 11.1 Å². The van der Waals surface area contributed by atoms with Crippen LogP contribution >= 0.6 is 11.3 Å². The first-order valence-electron chi connectivity index (χ1n) is 10.2. The van der Waals surface area contributed by atoms with Crippen LogP contribution in [0.3, 0.4) is 0 Å². The summed E-state index contributed by atoms with van der Waals surface area (Å²) in [7, 11) is 4.34. The van der Waals surface area contributed by atoms with E-state index in [1.54, 1.807) is 28.9 Å². The summed E-state index contributed by atoms with van der Waals surface area (Å²) in [5.41, 5.74) is 0.501. The highest BCUT2D eigenvalue weighted by molar-refractivity contribution is 7.18. The maximum absolute atomic E-state index is 13.3. The van der Waals surface area contributed by atoms with E-state index in [9.17, 15) is 13.2 Å². The summed E-state index contributed by atoms with van der Waals surface area (Å²) in [5, 5.41) is 5.35. The molecule has 0 aliphatic heterocycles. The number of fused-ring (bicyclic) bond motifs is 2. The molecule has 0 N–H and O–H groups in total. The predicted octanol–water partition coefficient (Wildman–Crippen LogP) is 5.83. The van der Waals surface area contributed by atoms with Gasteiger partial charge >= 0.3 is 6.18 Å². The second-order valence-electron chi connectivity index (χ2n) is 7.43. The van der Waals surface area contributed by atoms with Crippen molar-refractivity contribution < 1.29 is 36.5 Å². The largest absolute Gasteiger partial charge is 0.497 e. The molecule has 0 saturated heterocycles. The summed E-state index contributed by atoms with van der Waals surface area (Å²) >= 11 is 1.28. The number of alkyl halides is 3. The Morgan fingerprint density at radius 1 is 0.971 bits per heavy atom. The van der Waals surface area contributed by atoms with Crippen LogP contribution in [0.25, 0.3) is 27.4 Å². The number of halogens is 3. The van der Waals surface area contributed by atoms with Gasteiger partial charge in [0.2, 0.25) is 4.96 Å². The first kappa shape index (κ1) is 22.8. The van der Waals surface area contributed by atoms with Crippen molar-refractivity contribution in [2.45, 2.75) is 12.8 Å². The standard InChI is InChI=1S/C23H18F3N3O5S/c1-30-14-5-12(4-13(6-14)23(24,25)26)11-33-18-7-15(31-2)8-19-16(18)9-20(34-19)17-10-29-21(27-17)35-22(28-29)32-3/h4-10H,11H2,1-3H3. The van der Waals surface area contributed by atoms with Gasteiger partial charge in [-0.1, -0.05) is 0 Å². The molecule has 0 atom stereocenters. The lowest BCUT2D eigenvalue weighted by atomic mass is 10.1. The maximum Gasteiger partial charge on any atom is 0.416 e. The molecule has 0 aliphatic rings. The Morgan fingerprint density at radius 3 is 2.43 bits per heavy atom. The molecule has 0 saturated carbocycles. The fraction of sp³-hybridized carbons (Fsp3) is 0.217. The SMILES string of the molecule is COc1cc(COc2cc(OC)cc3oc(-c4cn5nc(OC)sc5n4)cc23)cc(C(F)(F)F)c1. The van der Waals surface area contributed by atoms with E-state index in [0.717, 1.165) is 12.1 Å². The molecule has 0 aliphatic carbocycles. The number of hydrogen-bond donors (Lipinski definition) is 0.